The van der Waals surface area contributed by atoms with Crippen LogP contribution in [0.25, 0.3) is 0 Å². The number of nitrogens with one attached hydrogen (secondary N) is 11. The van der Waals surface area contributed by atoms with Crippen molar-refractivity contribution < 1.29 is 107 Å². The zero-order chi connectivity index (χ0) is 77.0. The van der Waals surface area contributed by atoms with Crippen LogP contribution in [0.3, 0.4) is 0 Å². The first-order valence-electron chi connectivity index (χ1n) is 33.1. The van der Waals surface area contributed by atoms with Gasteiger partial charge >= 0.3 is 17.9 Å². The number of unbranched alkanes of at least 4 members (excludes halogenated alkanes) is 2. The number of carbonyl (C=O) groups is 16. The summed E-state index contributed by atoms with van der Waals surface area (Å²) in [6, 6.07) is -14.7. The smallest absolute Gasteiger partial charge is 0.326 e. The number of phenols is 1. The minimum atomic E-state index is -1.97. The maximum atomic E-state index is 14.6. The highest BCUT2D eigenvalue weighted by molar-refractivity contribution is 6.00. The van der Waals surface area contributed by atoms with E-state index >= 15 is 0 Å². The summed E-state index contributed by atoms with van der Waals surface area (Å²) < 4.78 is 0. The highest BCUT2D eigenvalue weighted by atomic mass is 16.4. The van der Waals surface area contributed by atoms with Crippen LogP contribution in [-0.2, 0) is 83.1 Å². The Bertz CT molecular complexity index is 2990. The van der Waals surface area contributed by atoms with Crippen molar-refractivity contribution in [1.82, 2.24) is 58.5 Å². The predicted molar refractivity (Wildman–Crippen MR) is 358 cm³/mol. The number of aliphatic hydroxyl groups excluding tert-OH is 2. The van der Waals surface area contributed by atoms with E-state index in [4.69, 9.17) is 28.7 Å². The Morgan fingerprint density at radius 1 is 0.376 bits per heavy atom. The van der Waals surface area contributed by atoms with Crippen LogP contribution in [0.15, 0.2) is 24.3 Å². The van der Waals surface area contributed by atoms with Crippen LogP contribution in [0.2, 0.25) is 0 Å². The van der Waals surface area contributed by atoms with Crippen molar-refractivity contribution in [3.63, 3.8) is 0 Å². The third-order valence-electron chi connectivity index (χ3n) is 15.3. The van der Waals surface area contributed by atoms with Gasteiger partial charge in [-0.15, -0.1) is 0 Å². The number of nitrogens with two attached hydrogens (primary N) is 5. The Labute approximate surface area is 583 Å². The summed E-state index contributed by atoms with van der Waals surface area (Å²) in [7, 11) is 0. The van der Waals surface area contributed by atoms with Crippen LogP contribution in [0.4, 0.5) is 0 Å². The lowest BCUT2D eigenvalue weighted by atomic mass is 10.0. The lowest BCUT2D eigenvalue weighted by molar-refractivity contribution is -0.143. The summed E-state index contributed by atoms with van der Waals surface area (Å²) in [5.74, 6) is -19.4. The van der Waals surface area contributed by atoms with Crippen molar-refractivity contribution >= 4 is 94.7 Å². The van der Waals surface area contributed by atoms with E-state index < -0.39 is 237 Å². The molecule has 568 valence electrons. The molecule has 38 heteroatoms. The number of phenolic OH excluding ortho intramolecular Hbond substituents is 1. The second kappa shape index (κ2) is 45.9. The fourth-order valence-corrected chi connectivity index (χ4v) is 9.81. The zero-order valence-electron chi connectivity index (χ0n) is 57.9. The molecule has 0 bridgehead atoms. The summed E-state index contributed by atoms with van der Waals surface area (Å²) in [6.45, 7) is 10.5. The van der Waals surface area contributed by atoms with Gasteiger partial charge in [-0.1, -0.05) is 39.8 Å². The molecule has 0 saturated carbocycles. The number of hydrogen-bond acceptors (Lipinski definition) is 22. The molecular formula is C63H104N16O22. The number of carbonyl (C=O) groups excluding carboxylic acids is 13. The van der Waals surface area contributed by atoms with Gasteiger partial charge in [-0.25, -0.2) is 4.79 Å². The van der Waals surface area contributed by atoms with Gasteiger partial charge in [0, 0.05) is 25.7 Å². The first-order valence-corrected chi connectivity index (χ1v) is 33.1. The maximum absolute atomic E-state index is 14.6. The summed E-state index contributed by atoms with van der Waals surface area (Å²) in [5.41, 5.74) is 28.0. The van der Waals surface area contributed by atoms with Crippen molar-refractivity contribution in [3.8, 4) is 5.75 Å². The minimum Gasteiger partial charge on any atom is -0.508 e. The third-order valence-corrected chi connectivity index (χ3v) is 15.3. The Balaban J connectivity index is 3.78. The molecule has 0 aliphatic carbocycles. The molecule has 13 amide bonds. The van der Waals surface area contributed by atoms with Gasteiger partial charge in [-0.05, 0) is 134 Å². The van der Waals surface area contributed by atoms with Gasteiger partial charge < -0.3 is 118 Å². The van der Waals surface area contributed by atoms with Gasteiger partial charge in [0.15, 0.2) is 0 Å². The number of primary amides is 2. The molecule has 1 aromatic carbocycles. The number of amides is 13. The number of carboxylic acid groups (broad SMARTS) is 3. The van der Waals surface area contributed by atoms with Gasteiger partial charge in [0.25, 0.3) is 0 Å². The quantitative estimate of drug-likeness (QED) is 0.0270. The van der Waals surface area contributed by atoms with Gasteiger partial charge in [0.05, 0.1) is 24.7 Å². The number of hydrogen-bond donors (Lipinski definition) is 22. The van der Waals surface area contributed by atoms with E-state index in [2.05, 4.69) is 58.5 Å². The van der Waals surface area contributed by atoms with Crippen LogP contribution >= 0.6 is 0 Å². The summed E-state index contributed by atoms with van der Waals surface area (Å²) in [6.07, 6.45) is -8.13. The van der Waals surface area contributed by atoms with Crippen molar-refractivity contribution in [1.29, 1.82) is 0 Å². The average Bonchev–Trinajstić information content (AvgIpc) is 0.858. The van der Waals surface area contributed by atoms with Crippen LogP contribution in [0, 0.1) is 11.8 Å². The standard InChI is InChI=1S/C63H104N16O22/c1-30(2)26-42(74-52(89)32(5)66)57(94)71-39(19-22-48(85)86)55(92)70-40(20-23-49(87)88)56(93)76-44(28-35-14-16-36(82)17-15-35)59(96)78-50(33(6)80)61(98)72-38(13-9-11-25-65)53(90)69-37(12-8-10-24-64)54(91)75-43(27-31(3)4)58(95)77-45(29-47(68)84)60(97)79-51(34(7)81)62(99)73-41(63(100)101)18-21-46(67)83/h14-17,30-34,37-45,50-51,80-82H,8-13,18-29,64-66H2,1-7H3,(H2,67,83)(H2,68,84)(H,69,90)(H,70,92)(H,71,94)(H,72,98)(H,73,99)(H,74,89)(H,75,91)(H,76,93)(H,77,95)(H,78,96)(H,79,97)(H,85,86)(H,87,88)(H,100,101)/t32-,33+,34+,37-,38-,39-,40-,41-,42-,43-,44-,45-,50-,51-/m0/s1. The summed E-state index contributed by atoms with van der Waals surface area (Å²) in [5, 5.41) is 86.6. The first-order chi connectivity index (χ1) is 47.2. The van der Waals surface area contributed by atoms with E-state index in [1.54, 1.807) is 27.7 Å². The molecule has 101 heavy (non-hydrogen) atoms. The largest absolute Gasteiger partial charge is 0.508 e. The average molecular weight is 1440 g/mol. The zero-order valence-corrected chi connectivity index (χ0v) is 57.9. The van der Waals surface area contributed by atoms with Crippen LogP contribution in [-0.4, -0.2) is 223 Å². The van der Waals surface area contributed by atoms with E-state index in [1.807, 2.05) is 0 Å². The minimum absolute atomic E-state index is 0.0314. The molecule has 0 aromatic heterocycles. The monoisotopic (exact) mass is 1440 g/mol. The SMILES string of the molecule is CC(C)C[C@H](NC(=O)[C@H](C)N)C(=O)N[C@@H](CCC(=O)O)C(=O)N[C@@H](CCC(=O)O)C(=O)N[C@@H](Cc1ccc(O)cc1)C(=O)N[C@H](C(=O)N[C@@H](CCCCN)C(=O)N[C@@H](CCCCN)C(=O)N[C@@H](CC(C)C)C(=O)N[C@@H](CC(N)=O)C(=O)N[C@H](C(=O)N[C@@H](CCC(N)=O)C(=O)O)[C@@H](C)O)[C@@H](C)O. The number of aliphatic carboxylic acids is 3. The van der Waals surface area contributed by atoms with E-state index in [1.165, 1.54) is 31.2 Å². The molecule has 14 atom stereocenters. The number of aromatic hydroxyl groups is 1. The van der Waals surface area contributed by atoms with Crippen molar-refractivity contribution in [2.75, 3.05) is 13.1 Å². The molecule has 0 aliphatic heterocycles. The van der Waals surface area contributed by atoms with E-state index in [9.17, 15) is 107 Å². The highest BCUT2D eigenvalue weighted by Crippen LogP contribution is 2.16. The van der Waals surface area contributed by atoms with Crippen molar-refractivity contribution in [2.45, 2.75) is 236 Å². The Morgan fingerprint density at radius 2 is 0.693 bits per heavy atom. The Morgan fingerprint density at radius 3 is 1.04 bits per heavy atom. The predicted octanol–water partition coefficient (Wildman–Crippen LogP) is -6.32. The Hall–Kier alpha value is -9.66. The van der Waals surface area contributed by atoms with E-state index in [0.717, 1.165) is 13.8 Å². The maximum Gasteiger partial charge on any atom is 0.326 e. The summed E-state index contributed by atoms with van der Waals surface area (Å²) in [4.78, 5) is 213. The number of benzene rings is 1. The lowest BCUT2D eigenvalue weighted by Gasteiger charge is -2.29. The highest BCUT2D eigenvalue weighted by Gasteiger charge is 2.39. The van der Waals surface area contributed by atoms with Crippen molar-refractivity contribution in [3.05, 3.63) is 29.8 Å². The van der Waals surface area contributed by atoms with Crippen LogP contribution < -0.4 is 87.2 Å². The number of rotatable bonds is 50. The molecular weight excluding hydrogens is 1330 g/mol. The normalized spacial score (nSPS) is 15.3. The fraction of sp³-hybridized carbons (Fsp3) is 0.651. The van der Waals surface area contributed by atoms with Gasteiger partial charge in [0.1, 0.15) is 72.2 Å². The van der Waals surface area contributed by atoms with Crippen LogP contribution in [0.5, 0.6) is 5.75 Å². The first kappa shape index (κ1) is 89.4. The van der Waals surface area contributed by atoms with Crippen molar-refractivity contribution in [2.24, 2.45) is 40.5 Å². The summed E-state index contributed by atoms with van der Waals surface area (Å²) >= 11 is 0. The van der Waals surface area contributed by atoms with Gasteiger partial charge in [-0.3, -0.25) is 71.9 Å². The van der Waals surface area contributed by atoms with Gasteiger partial charge in [0.2, 0.25) is 76.8 Å². The second-order valence-electron chi connectivity index (χ2n) is 25.4. The van der Waals surface area contributed by atoms with Crippen LogP contribution in [0.1, 0.15) is 150 Å². The third kappa shape index (κ3) is 35.3. The molecule has 38 nitrogen and oxygen atoms in total. The molecule has 0 fully saturated rings. The van der Waals surface area contributed by atoms with Gasteiger partial charge in [-0.2, -0.15) is 0 Å². The lowest BCUT2D eigenvalue weighted by Crippen LogP contribution is -2.62. The second-order valence-corrected chi connectivity index (χ2v) is 25.4. The molecule has 0 radical (unpaired) electrons. The van der Waals surface area contributed by atoms with E-state index in [0.29, 0.717) is 6.42 Å². The molecule has 1 aromatic rings. The molecule has 0 saturated heterocycles. The number of aliphatic hydroxyl groups is 2. The molecule has 27 N–H and O–H groups in total. The molecule has 0 spiro atoms. The fourth-order valence-electron chi connectivity index (χ4n) is 9.81. The molecule has 0 aliphatic rings. The number of carboxylic acids is 3. The van der Waals surface area contributed by atoms with E-state index in [-0.39, 0.29) is 75.3 Å². The molecule has 0 heterocycles. The topological polar surface area (TPSA) is 657 Å². The molecule has 1 rings (SSSR count). The Kier molecular flexibility index (Phi) is 40.6. The molecule has 0 unspecified atom stereocenters.